The van der Waals surface area contributed by atoms with Crippen LogP contribution >= 0.6 is 11.3 Å². The second-order valence-corrected chi connectivity index (χ2v) is 13.2. The Morgan fingerprint density at radius 2 is 1.36 bits per heavy atom. The number of fused-ring (bicyclic) bond motifs is 2. The van der Waals surface area contributed by atoms with Gasteiger partial charge >= 0.3 is 0 Å². The number of hydrogen-bond acceptors (Lipinski definition) is 4. The predicted octanol–water partition coefficient (Wildman–Crippen LogP) is 9.97. The van der Waals surface area contributed by atoms with Gasteiger partial charge in [-0.3, -0.25) is 9.08 Å². The Labute approximate surface area is 278 Å². The van der Waals surface area contributed by atoms with E-state index in [4.69, 9.17) is 15.1 Å². The molecule has 0 unspecified atom stereocenters. The number of imidazole rings is 1. The van der Waals surface area contributed by atoms with Crippen LogP contribution in [-0.4, -0.2) is 24.1 Å². The maximum atomic E-state index is 5.28. The third-order valence-electron chi connectivity index (χ3n) is 9.11. The SMILES string of the molecule is CCCCc1nc2ccc(-c3cnc4ccc(-c5cn(C(c6ccccc6)(c6ccccc6)c6ccccc6)nc5C)cn34)cc2s1. The highest BCUT2D eigenvalue weighted by molar-refractivity contribution is 7.18. The minimum atomic E-state index is -0.669. The first-order valence-electron chi connectivity index (χ1n) is 16.3. The van der Waals surface area contributed by atoms with Gasteiger partial charge in [-0.05, 0) is 60.7 Å². The quantitative estimate of drug-likeness (QED) is 0.149. The van der Waals surface area contributed by atoms with E-state index >= 15 is 0 Å². The molecule has 0 spiro atoms. The molecular formula is C41H35N5S. The largest absolute Gasteiger partial charge is 0.299 e. The number of nitrogens with zero attached hydrogens (tertiary/aromatic N) is 5. The van der Waals surface area contributed by atoms with Crippen LogP contribution in [0.4, 0.5) is 0 Å². The number of aryl methyl sites for hydroxylation is 2. The highest BCUT2D eigenvalue weighted by Crippen LogP contribution is 2.42. The number of pyridine rings is 1. The second-order valence-electron chi connectivity index (χ2n) is 12.1. The lowest BCUT2D eigenvalue weighted by molar-refractivity contribution is 0.458. The fourth-order valence-corrected chi connectivity index (χ4v) is 7.82. The number of benzene rings is 4. The van der Waals surface area contributed by atoms with Crippen molar-refractivity contribution in [3.05, 3.63) is 167 Å². The highest BCUT2D eigenvalue weighted by atomic mass is 32.1. The number of thiazole rings is 1. The Morgan fingerprint density at radius 3 is 2.00 bits per heavy atom. The standard InChI is InChI=1S/C41H35N5S/c1-3-4-20-40-43-36-23-21-30(25-38(36)47-40)37-26-42-39-24-22-31(27-45(37)39)35-28-46(44-29(35)2)41(32-14-8-5-9-15-32,33-16-10-6-11-17-33)34-18-12-7-13-19-34/h5-19,21-28H,3-4,20H2,1-2H3. The first kappa shape index (κ1) is 29.1. The molecule has 8 rings (SSSR count). The topological polar surface area (TPSA) is 48.0 Å². The monoisotopic (exact) mass is 629 g/mol. The zero-order valence-corrected chi connectivity index (χ0v) is 27.4. The van der Waals surface area contributed by atoms with Gasteiger partial charge in [-0.2, -0.15) is 5.10 Å². The van der Waals surface area contributed by atoms with E-state index in [-0.39, 0.29) is 0 Å². The average molecular weight is 630 g/mol. The number of hydrogen-bond donors (Lipinski definition) is 0. The minimum Gasteiger partial charge on any atom is -0.299 e. The maximum absolute atomic E-state index is 5.28. The fraction of sp³-hybridized carbons (Fsp3) is 0.146. The van der Waals surface area contributed by atoms with Crippen LogP contribution in [0, 0.1) is 6.92 Å². The van der Waals surface area contributed by atoms with Crippen molar-refractivity contribution < 1.29 is 0 Å². The van der Waals surface area contributed by atoms with Gasteiger partial charge in [0.25, 0.3) is 0 Å². The average Bonchev–Trinajstić information content (AvgIpc) is 3.85. The molecule has 0 aliphatic rings. The number of unbranched alkanes of at least 4 members (excludes halogenated alkanes) is 1. The van der Waals surface area contributed by atoms with Crippen molar-refractivity contribution in [1.82, 2.24) is 24.1 Å². The van der Waals surface area contributed by atoms with Gasteiger partial charge in [0, 0.05) is 29.1 Å². The van der Waals surface area contributed by atoms with E-state index in [0.717, 1.165) is 62.4 Å². The molecule has 4 heterocycles. The number of aromatic nitrogens is 5. The van der Waals surface area contributed by atoms with Gasteiger partial charge in [-0.15, -0.1) is 11.3 Å². The Morgan fingerprint density at radius 1 is 0.723 bits per heavy atom. The van der Waals surface area contributed by atoms with Crippen LogP contribution in [0.15, 0.2) is 140 Å². The lowest BCUT2D eigenvalue weighted by Gasteiger charge is -2.36. The summed E-state index contributed by atoms with van der Waals surface area (Å²) in [5.74, 6) is 0. The van der Waals surface area contributed by atoms with E-state index in [1.165, 1.54) is 22.5 Å². The van der Waals surface area contributed by atoms with Crippen LogP contribution in [0.2, 0.25) is 0 Å². The zero-order chi connectivity index (χ0) is 31.8. The van der Waals surface area contributed by atoms with Crippen molar-refractivity contribution in [2.24, 2.45) is 0 Å². The van der Waals surface area contributed by atoms with Gasteiger partial charge in [0.2, 0.25) is 0 Å². The molecule has 0 amide bonds. The molecule has 0 aliphatic carbocycles. The Hall–Kier alpha value is -5.33. The molecule has 4 aromatic carbocycles. The molecule has 47 heavy (non-hydrogen) atoms. The van der Waals surface area contributed by atoms with Crippen molar-refractivity contribution in [2.45, 2.75) is 38.6 Å². The fourth-order valence-electron chi connectivity index (χ4n) is 6.77. The molecule has 4 aromatic heterocycles. The molecule has 0 atom stereocenters. The Bertz CT molecular complexity index is 2200. The summed E-state index contributed by atoms with van der Waals surface area (Å²) in [7, 11) is 0. The summed E-state index contributed by atoms with van der Waals surface area (Å²) >= 11 is 1.80. The van der Waals surface area contributed by atoms with Crippen LogP contribution < -0.4 is 0 Å². The summed E-state index contributed by atoms with van der Waals surface area (Å²) in [6, 6.07) is 42.9. The van der Waals surface area contributed by atoms with Crippen molar-refractivity contribution in [3.8, 4) is 22.4 Å². The molecule has 5 nitrogen and oxygen atoms in total. The predicted molar refractivity (Wildman–Crippen MR) is 193 cm³/mol. The third-order valence-corrected chi connectivity index (χ3v) is 10.2. The van der Waals surface area contributed by atoms with E-state index in [0.29, 0.717) is 0 Å². The van der Waals surface area contributed by atoms with E-state index in [1.807, 2.05) is 6.20 Å². The Balaban J connectivity index is 1.27. The Kier molecular flexibility index (Phi) is 7.50. The van der Waals surface area contributed by atoms with Gasteiger partial charge in [0.15, 0.2) is 0 Å². The number of rotatable bonds is 9. The van der Waals surface area contributed by atoms with Crippen molar-refractivity contribution in [3.63, 3.8) is 0 Å². The molecular weight excluding hydrogens is 595 g/mol. The van der Waals surface area contributed by atoms with E-state index in [9.17, 15) is 0 Å². The molecule has 0 bridgehead atoms. The van der Waals surface area contributed by atoms with Crippen LogP contribution in [0.25, 0.3) is 38.2 Å². The smallest absolute Gasteiger partial charge is 0.138 e. The van der Waals surface area contributed by atoms with Crippen LogP contribution in [0.1, 0.15) is 47.2 Å². The summed E-state index contributed by atoms with van der Waals surface area (Å²) < 4.78 is 5.58. The summed E-state index contributed by atoms with van der Waals surface area (Å²) in [6.45, 7) is 4.33. The van der Waals surface area contributed by atoms with Gasteiger partial charge in [-0.1, -0.05) is 110 Å². The molecule has 0 N–H and O–H groups in total. The highest BCUT2D eigenvalue weighted by Gasteiger charge is 2.39. The normalized spacial score (nSPS) is 11.9. The molecule has 6 heteroatoms. The van der Waals surface area contributed by atoms with Crippen molar-refractivity contribution >= 4 is 27.2 Å². The molecule has 0 saturated heterocycles. The summed E-state index contributed by atoms with van der Waals surface area (Å²) in [4.78, 5) is 9.64. The summed E-state index contributed by atoms with van der Waals surface area (Å²) in [5, 5.41) is 6.49. The third kappa shape index (κ3) is 5.06. The molecule has 0 saturated carbocycles. The lowest BCUT2D eigenvalue weighted by Crippen LogP contribution is -2.38. The summed E-state index contributed by atoms with van der Waals surface area (Å²) in [5.41, 5.74) is 10.1. The van der Waals surface area contributed by atoms with Crippen LogP contribution in [0.5, 0.6) is 0 Å². The molecule has 0 fully saturated rings. The van der Waals surface area contributed by atoms with Gasteiger partial charge in [0.05, 0.1) is 32.8 Å². The first-order valence-corrected chi connectivity index (χ1v) is 17.1. The lowest BCUT2D eigenvalue weighted by atomic mass is 9.77. The van der Waals surface area contributed by atoms with Gasteiger partial charge < -0.3 is 0 Å². The van der Waals surface area contributed by atoms with Crippen LogP contribution in [0.3, 0.4) is 0 Å². The first-order chi connectivity index (χ1) is 23.1. The van der Waals surface area contributed by atoms with Crippen molar-refractivity contribution in [1.29, 1.82) is 0 Å². The zero-order valence-electron chi connectivity index (χ0n) is 26.5. The second kappa shape index (κ2) is 12.1. The van der Waals surface area contributed by atoms with E-state index < -0.39 is 5.54 Å². The van der Waals surface area contributed by atoms with Crippen molar-refractivity contribution in [2.75, 3.05) is 0 Å². The van der Waals surface area contributed by atoms with Gasteiger partial charge in [0.1, 0.15) is 11.2 Å². The van der Waals surface area contributed by atoms with Gasteiger partial charge in [-0.25, -0.2) is 9.97 Å². The molecule has 0 radical (unpaired) electrons. The van der Waals surface area contributed by atoms with Crippen LogP contribution in [-0.2, 0) is 12.0 Å². The van der Waals surface area contributed by atoms with E-state index in [1.54, 1.807) is 11.3 Å². The summed E-state index contributed by atoms with van der Waals surface area (Å²) in [6.07, 6.45) is 9.77. The maximum Gasteiger partial charge on any atom is 0.138 e. The molecule has 230 valence electrons. The van der Waals surface area contributed by atoms with E-state index in [2.05, 4.69) is 157 Å². The molecule has 8 aromatic rings. The molecule has 0 aliphatic heterocycles. The minimum absolute atomic E-state index is 0.669.